The minimum absolute atomic E-state index is 0.128. The lowest BCUT2D eigenvalue weighted by Gasteiger charge is -2.27. The van der Waals surface area contributed by atoms with E-state index >= 15 is 0 Å². The molecule has 0 aliphatic heterocycles. The molecule has 0 aliphatic carbocycles. The lowest BCUT2D eigenvalue weighted by Crippen LogP contribution is -2.37. The summed E-state index contributed by atoms with van der Waals surface area (Å²) in [5.41, 5.74) is 0. The van der Waals surface area contributed by atoms with Crippen molar-refractivity contribution in [3.05, 3.63) is 0 Å². The van der Waals surface area contributed by atoms with Crippen LogP contribution in [0.5, 0.6) is 0 Å². The van der Waals surface area contributed by atoms with E-state index in [0.717, 1.165) is 23.7 Å². The van der Waals surface area contributed by atoms with Crippen molar-refractivity contribution in [2.75, 3.05) is 26.4 Å². The number of ether oxygens (including phenoxy) is 5. The van der Waals surface area contributed by atoms with Gasteiger partial charge >= 0.3 is 0 Å². The SMILES string of the molecule is CC(C)CC(CC(C)C)C(C)C.CC(C)OCC(COC(C)C)OC(COC(C)C)COC(C)C. The largest absolute Gasteiger partial charge is 0.376 e. The Morgan fingerprint density at radius 2 is 0.657 bits per heavy atom. The molecule has 0 amide bonds. The zero-order valence-electron chi connectivity index (χ0n) is 26.1. The van der Waals surface area contributed by atoms with E-state index < -0.39 is 0 Å². The van der Waals surface area contributed by atoms with Crippen LogP contribution in [-0.4, -0.2) is 63.1 Å². The first kappa shape index (κ1) is 37.0. The molecule has 0 aliphatic rings. The Balaban J connectivity index is 0. The van der Waals surface area contributed by atoms with Crippen molar-refractivity contribution in [1.82, 2.24) is 0 Å². The molecule has 0 bridgehead atoms. The monoisotopic (exact) mass is 504 g/mol. The van der Waals surface area contributed by atoms with E-state index in [1.54, 1.807) is 0 Å². The first-order chi connectivity index (χ1) is 16.1. The van der Waals surface area contributed by atoms with Gasteiger partial charge in [0.05, 0.1) is 50.8 Å². The van der Waals surface area contributed by atoms with Gasteiger partial charge < -0.3 is 23.7 Å². The molecule has 214 valence electrons. The van der Waals surface area contributed by atoms with Gasteiger partial charge in [0.1, 0.15) is 12.2 Å². The van der Waals surface area contributed by atoms with Crippen LogP contribution in [-0.2, 0) is 23.7 Å². The Bertz CT molecular complexity index is 386. The average Bonchev–Trinajstić information content (AvgIpc) is 2.70. The summed E-state index contributed by atoms with van der Waals surface area (Å²) in [4.78, 5) is 0. The zero-order valence-corrected chi connectivity index (χ0v) is 26.1. The minimum atomic E-state index is -0.128. The van der Waals surface area contributed by atoms with Crippen LogP contribution >= 0.6 is 0 Å². The topological polar surface area (TPSA) is 46.2 Å². The van der Waals surface area contributed by atoms with Crippen LogP contribution in [0.3, 0.4) is 0 Å². The molecule has 0 saturated carbocycles. The van der Waals surface area contributed by atoms with Gasteiger partial charge in [-0.25, -0.2) is 0 Å². The maximum Gasteiger partial charge on any atom is 0.105 e. The molecule has 0 unspecified atom stereocenters. The summed E-state index contributed by atoms with van der Waals surface area (Å²) in [7, 11) is 0. The van der Waals surface area contributed by atoms with Crippen molar-refractivity contribution in [1.29, 1.82) is 0 Å². The lowest BCUT2D eigenvalue weighted by molar-refractivity contribution is -0.147. The van der Waals surface area contributed by atoms with Gasteiger partial charge in [-0.3, -0.25) is 0 Å². The Morgan fingerprint density at radius 1 is 0.400 bits per heavy atom. The van der Waals surface area contributed by atoms with E-state index in [1.807, 2.05) is 55.4 Å². The molecule has 0 fully saturated rings. The van der Waals surface area contributed by atoms with Crippen LogP contribution < -0.4 is 0 Å². The summed E-state index contributed by atoms with van der Waals surface area (Å²) >= 11 is 0. The van der Waals surface area contributed by atoms with E-state index in [2.05, 4.69) is 41.5 Å². The molecule has 35 heavy (non-hydrogen) atoms. The quantitative estimate of drug-likeness (QED) is 0.180. The molecule has 0 aromatic carbocycles. The van der Waals surface area contributed by atoms with Crippen LogP contribution in [0, 0.1) is 23.7 Å². The maximum absolute atomic E-state index is 6.15. The molecule has 0 atom stereocenters. The van der Waals surface area contributed by atoms with Crippen LogP contribution in [0.1, 0.15) is 110 Å². The highest BCUT2D eigenvalue weighted by atomic mass is 16.6. The van der Waals surface area contributed by atoms with Crippen LogP contribution in [0.25, 0.3) is 0 Å². The molecule has 0 N–H and O–H groups in total. The second kappa shape index (κ2) is 21.8. The molecule has 0 spiro atoms. The summed E-state index contributed by atoms with van der Waals surface area (Å²) in [6, 6.07) is 0. The van der Waals surface area contributed by atoms with Crippen molar-refractivity contribution in [3.63, 3.8) is 0 Å². The fourth-order valence-electron chi connectivity index (χ4n) is 3.58. The lowest BCUT2D eigenvalue weighted by atomic mass is 9.82. The van der Waals surface area contributed by atoms with Crippen molar-refractivity contribution in [2.24, 2.45) is 23.7 Å². The zero-order chi connectivity index (χ0) is 27.6. The molecule has 5 nitrogen and oxygen atoms in total. The second-order valence-corrected chi connectivity index (χ2v) is 12.2. The third-order valence-corrected chi connectivity index (χ3v) is 5.34. The number of hydrogen-bond acceptors (Lipinski definition) is 5. The summed E-state index contributed by atoms with van der Waals surface area (Å²) < 4.78 is 29.0. The molecule has 0 aromatic heterocycles. The van der Waals surface area contributed by atoms with Crippen molar-refractivity contribution < 1.29 is 23.7 Å². The summed E-state index contributed by atoms with van der Waals surface area (Å²) in [6.45, 7) is 32.2. The van der Waals surface area contributed by atoms with Gasteiger partial charge in [0.2, 0.25) is 0 Å². The fourth-order valence-corrected chi connectivity index (χ4v) is 3.58. The molecular weight excluding hydrogens is 440 g/mol. The van der Waals surface area contributed by atoms with E-state index in [-0.39, 0.29) is 36.6 Å². The molecule has 0 heterocycles. The smallest absolute Gasteiger partial charge is 0.105 e. The van der Waals surface area contributed by atoms with Crippen LogP contribution in [0.2, 0.25) is 0 Å². The van der Waals surface area contributed by atoms with Crippen molar-refractivity contribution >= 4 is 0 Å². The number of rotatable bonds is 19. The predicted molar refractivity (Wildman–Crippen MR) is 150 cm³/mol. The normalized spacial score (nSPS) is 12.7. The van der Waals surface area contributed by atoms with Gasteiger partial charge in [0.15, 0.2) is 0 Å². The molecule has 5 heteroatoms. The van der Waals surface area contributed by atoms with Gasteiger partial charge in [0, 0.05) is 0 Å². The van der Waals surface area contributed by atoms with E-state index in [9.17, 15) is 0 Å². The molecule has 0 radical (unpaired) electrons. The van der Waals surface area contributed by atoms with Gasteiger partial charge in [-0.15, -0.1) is 0 Å². The summed E-state index contributed by atoms with van der Waals surface area (Å²) in [5, 5.41) is 0. The fraction of sp³-hybridized carbons (Fsp3) is 1.00. The molecule has 0 saturated heterocycles. The van der Waals surface area contributed by atoms with Crippen LogP contribution in [0.4, 0.5) is 0 Å². The van der Waals surface area contributed by atoms with Crippen LogP contribution in [0.15, 0.2) is 0 Å². The summed E-state index contributed by atoms with van der Waals surface area (Å²) in [6.07, 6.45) is 3.20. The Hall–Kier alpha value is -0.200. The standard InChI is InChI=1S/C18H38O5.C12H26/c1-13(2)19-9-17(10-20-14(3)4)23-18(11-21-15(5)6)12-22-16(7)8;1-9(2)7-12(11(5)6)8-10(3)4/h13-18H,9-12H2,1-8H3;9-12H,7-8H2,1-6H3. The minimum Gasteiger partial charge on any atom is -0.376 e. The van der Waals surface area contributed by atoms with Gasteiger partial charge in [-0.1, -0.05) is 41.5 Å². The van der Waals surface area contributed by atoms with Gasteiger partial charge in [-0.05, 0) is 91.9 Å². The first-order valence-electron chi connectivity index (χ1n) is 14.3. The molecule has 0 rings (SSSR count). The van der Waals surface area contributed by atoms with E-state index in [0.29, 0.717) is 26.4 Å². The summed E-state index contributed by atoms with van der Waals surface area (Å²) in [5.74, 6) is 3.51. The maximum atomic E-state index is 6.15. The highest BCUT2D eigenvalue weighted by Gasteiger charge is 2.20. The second-order valence-electron chi connectivity index (χ2n) is 12.2. The third kappa shape index (κ3) is 26.7. The Kier molecular flexibility index (Phi) is 23.1. The molecular formula is C30H64O5. The first-order valence-corrected chi connectivity index (χ1v) is 14.3. The van der Waals surface area contributed by atoms with Crippen molar-refractivity contribution in [3.8, 4) is 0 Å². The number of hydrogen-bond donors (Lipinski definition) is 0. The van der Waals surface area contributed by atoms with Crippen molar-refractivity contribution in [2.45, 2.75) is 146 Å². The molecule has 0 aromatic rings. The van der Waals surface area contributed by atoms with E-state index in [1.165, 1.54) is 12.8 Å². The predicted octanol–water partition coefficient (Wildman–Crippen LogP) is 7.79. The highest BCUT2D eigenvalue weighted by molar-refractivity contribution is 4.67. The van der Waals surface area contributed by atoms with E-state index in [4.69, 9.17) is 23.7 Å². The Morgan fingerprint density at radius 3 is 0.829 bits per heavy atom. The Labute approximate surface area is 220 Å². The van der Waals surface area contributed by atoms with Gasteiger partial charge in [0.25, 0.3) is 0 Å². The van der Waals surface area contributed by atoms with Gasteiger partial charge in [-0.2, -0.15) is 0 Å². The average molecular weight is 505 g/mol. The highest BCUT2D eigenvalue weighted by Crippen LogP contribution is 2.26. The third-order valence-electron chi connectivity index (χ3n) is 5.34.